The van der Waals surface area contributed by atoms with Crippen molar-refractivity contribution in [3.8, 4) is 0 Å². The van der Waals surface area contributed by atoms with Gasteiger partial charge in [0.1, 0.15) is 95.4 Å². The second-order valence-electron chi connectivity index (χ2n) is 30.0. The average Bonchev–Trinajstić information content (AvgIpc) is 0.805. The highest BCUT2D eigenvalue weighted by Crippen LogP contribution is 2.36. The van der Waals surface area contributed by atoms with Crippen LogP contribution in [0, 0.1) is 11.8 Å². The summed E-state index contributed by atoms with van der Waals surface area (Å²) in [5.74, 6) is 0.0978. The van der Waals surface area contributed by atoms with E-state index in [9.17, 15) is 60.2 Å². The summed E-state index contributed by atoms with van der Waals surface area (Å²) in [5, 5.41) is 47.9. The first-order chi connectivity index (χ1) is 56.9. The minimum absolute atomic E-state index is 0.0153. The van der Waals surface area contributed by atoms with Crippen molar-refractivity contribution < 1.29 is 94.2 Å². The van der Waals surface area contributed by atoms with Gasteiger partial charge in [-0.2, -0.15) is 26.3 Å². The fraction of sp³-hybridized carbons (Fsp3) is 0.537. The molecule has 6 aromatic rings. The molecule has 4 amide bonds. The van der Waals surface area contributed by atoms with E-state index >= 15 is 0 Å². The fourth-order valence-corrected chi connectivity index (χ4v) is 13.1. The number of ether oxygens (including phenoxy) is 3. The quantitative estimate of drug-likeness (QED) is 0.00714. The molecule has 0 saturated carbocycles. The van der Waals surface area contributed by atoms with Crippen LogP contribution in [0.3, 0.4) is 0 Å². The number of hydrogen-bond acceptors (Lipinski definition) is 23. The van der Waals surface area contributed by atoms with Gasteiger partial charge in [0.15, 0.2) is 0 Å². The molecule has 0 radical (unpaired) electrons. The molecule has 11 N–H and O–H groups in total. The van der Waals surface area contributed by atoms with Gasteiger partial charge in [-0.05, 0) is 151 Å². The van der Waals surface area contributed by atoms with Crippen LogP contribution < -0.4 is 52.3 Å². The minimum Gasteiger partial charge on any atom is -0.483 e. The lowest BCUT2D eigenvalue weighted by atomic mass is 9.92. The standard InChI is InChI=1S/C40H56N8O5.C36H48N8O5.C2H4Cl2.C2HF3O2.CHF3.CH2O2/c1-7-30-35(43-25-44-36(30)48-20-17-28(18-21-48)31-16-15-29-14-11-19-41-34(29)45-31)42-23-33(47-39(51)52-24-27-12-9-8-10-13-27)37(49)46-32(22-26(2)3)38(50)53-40(4,5)6;1-4-27-32(39-22-40-33(27)44-17-14-25(15-18-44)28-13-12-26-11-8-16-37-31(26)41-28)38-20-30(34(45)42-29(35(46)47)19-23(2)3)43-36(48)49-21-24-9-6-5-7-10-24;1-2(3)4;3-2(4,5)1(6)7;2-1(3)4;2-1-3/h8-10,12-13,15-16,25-26,28,32-33H,7,11,14,17-24H2,1-6H3,(H,41,45)(H,46,49)(H,47,51)(H,42,43,44);5-7,9-10,12-13,22-23,25,29-30H,4,8,11,14-21H2,1-3H3,(H,37,41)(H,42,45)(H,43,48)(H,46,47)(H,38,39,40);2H,1H3;(H,6,7);1H;1H,(H,2,3)/t32-,33-;29-,30-;;;;/m00..../s1. The van der Waals surface area contributed by atoms with Crippen LogP contribution in [0.1, 0.15) is 177 Å². The number of piperidine rings is 2. The van der Waals surface area contributed by atoms with Gasteiger partial charge >= 0.3 is 42.9 Å². The van der Waals surface area contributed by atoms with Gasteiger partial charge in [0.25, 0.3) is 6.47 Å². The highest BCUT2D eigenvalue weighted by Gasteiger charge is 2.39. The van der Waals surface area contributed by atoms with E-state index in [1.165, 1.54) is 23.8 Å². The van der Waals surface area contributed by atoms with Crippen LogP contribution in [0.2, 0.25) is 0 Å². The highest BCUT2D eigenvalue weighted by molar-refractivity contribution is 6.43. The molecule has 30 nitrogen and oxygen atoms in total. The van der Waals surface area contributed by atoms with Crippen molar-refractivity contribution in [2.75, 3.05) is 83.4 Å². The summed E-state index contributed by atoms with van der Waals surface area (Å²) >= 11 is 10.1. The van der Waals surface area contributed by atoms with Crippen molar-refractivity contribution in [2.45, 2.75) is 219 Å². The number of pyridine rings is 2. The van der Waals surface area contributed by atoms with Gasteiger partial charge in [-0.3, -0.25) is 14.4 Å². The third kappa shape index (κ3) is 35.6. The molecule has 2 aromatic carbocycles. The number of carboxylic acid groups (broad SMARTS) is 3. The van der Waals surface area contributed by atoms with Crippen molar-refractivity contribution in [2.24, 2.45) is 11.8 Å². The van der Waals surface area contributed by atoms with Crippen LogP contribution >= 0.6 is 23.2 Å². The molecular weight excluding hydrogens is 1620 g/mol. The van der Waals surface area contributed by atoms with Crippen LogP contribution in [0.15, 0.2) is 97.6 Å². The molecule has 0 spiro atoms. The van der Waals surface area contributed by atoms with Gasteiger partial charge in [-0.1, -0.05) is 114 Å². The number of fused-ring (bicyclic) bond motifs is 2. The van der Waals surface area contributed by atoms with Gasteiger partial charge in [-0.25, -0.2) is 53.9 Å². The van der Waals surface area contributed by atoms with Gasteiger partial charge in [0.2, 0.25) is 11.8 Å². The van der Waals surface area contributed by atoms with Gasteiger partial charge in [0, 0.05) is 86.7 Å². The van der Waals surface area contributed by atoms with Gasteiger partial charge in [0.05, 0.1) is 0 Å². The van der Waals surface area contributed by atoms with E-state index in [-0.39, 0.29) is 55.9 Å². The number of aliphatic carboxylic acids is 2. The first-order valence-electron chi connectivity index (χ1n) is 39.7. The van der Waals surface area contributed by atoms with Crippen LogP contribution in [-0.4, -0.2) is 193 Å². The maximum atomic E-state index is 13.9. The summed E-state index contributed by atoms with van der Waals surface area (Å²) in [7, 11) is 0. The molecular formula is C82H112Cl2F6N16O14. The van der Waals surface area contributed by atoms with Crippen molar-refractivity contribution in [1.82, 2.24) is 51.2 Å². The minimum atomic E-state index is -5.08. The van der Waals surface area contributed by atoms with Crippen molar-refractivity contribution >= 4 is 106 Å². The number of nitrogens with zero attached hydrogens (tertiary/aromatic N) is 8. The molecule has 2 saturated heterocycles. The third-order valence-corrected chi connectivity index (χ3v) is 18.7. The normalized spacial score (nSPS) is 14.8. The number of carbonyl (C=O) groups is 8. The van der Waals surface area contributed by atoms with E-state index in [0.29, 0.717) is 42.7 Å². The number of benzene rings is 2. The number of amides is 4. The van der Waals surface area contributed by atoms with E-state index in [1.807, 2.05) is 102 Å². The largest absolute Gasteiger partial charge is 0.490 e. The predicted molar refractivity (Wildman–Crippen MR) is 444 cm³/mol. The monoisotopic (exact) mass is 1730 g/mol. The molecule has 660 valence electrons. The zero-order chi connectivity index (χ0) is 88.7. The summed E-state index contributed by atoms with van der Waals surface area (Å²) in [6.07, 6.45) is 6.48. The Morgan fingerprint density at radius 3 is 1.27 bits per heavy atom. The van der Waals surface area contributed by atoms with Gasteiger partial charge < -0.3 is 81.9 Å². The van der Waals surface area contributed by atoms with Crippen molar-refractivity contribution in [3.05, 3.63) is 142 Å². The number of halogens is 8. The Balaban J connectivity index is 0.000000355. The van der Waals surface area contributed by atoms with E-state index < -0.39 is 84.5 Å². The Hall–Kier alpha value is -10.8. The molecule has 4 aromatic heterocycles. The van der Waals surface area contributed by atoms with E-state index in [1.54, 1.807) is 27.7 Å². The Bertz CT molecular complexity index is 4180. The Morgan fingerprint density at radius 1 is 0.575 bits per heavy atom. The smallest absolute Gasteiger partial charge is 0.483 e. The molecule has 4 aliphatic heterocycles. The van der Waals surface area contributed by atoms with Crippen LogP contribution in [0.25, 0.3) is 0 Å². The number of anilines is 6. The number of nitrogens with one attached hydrogen (secondary N) is 8. The molecule has 0 aliphatic carbocycles. The maximum Gasteiger partial charge on any atom is 0.490 e. The number of aromatic nitrogens is 6. The topological polar surface area (TPSA) is 405 Å². The number of carbonyl (C=O) groups excluding carboxylic acids is 5. The number of alkyl carbamates (subject to hydrolysis) is 2. The summed E-state index contributed by atoms with van der Waals surface area (Å²) in [6, 6.07) is 23.0. The van der Waals surface area contributed by atoms with Crippen molar-refractivity contribution in [3.63, 3.8) is 0 Å². The van der Waals surface area contributed by atoms with Crippen LogP contribution in [-0.2, 0) is 81.9 Å². The molecule has 0 unspecified atom stereocenters. The number of alkyl halides is 8. The summed E-state index contributed by atoms with van der Waals surface area (Å²) in [4.78, 5) is 128. The molecule has 120 heavy (non-hydrogen) atoms. The third-order valence-electron chi connectivity index (χ3n) is 18.7. The summed E-state index contributed by atoms with van der Waals surface area (Å²) < 4.78 is 77.2. The second-order valence-corrected chi connectivity index (χ2v) is 31.6. The van der Waals surface area contributed by atoms with Crippen molar-refractivity contribution in [1.29, 1.82) is 0 Å². The van der Waals surface area contributed by atoms with Crippen LogP contribution in [0.5, 0.6) is 0 Å². The Morgan fingerprint density at radius 2 is 0.933 bits per heavy atom. The lowest BCUT2D eigenvalue weighted by molar-refractivity contribution is -0.192. The molecule has 4 atom stereocenters. The number of carboxylic acids is 2. The fourth-order valence-electron chi connectivity index (χ4n) is 13.1. The molecule has 4 aliphatic rings. The molecule has 0 bridgehead atoms. The first kappa shape index (κ1) is 99.8. The number of rotatable bonds is 28. The SMILES string of the molecule is CC(Cl)Cl.CCc1c(NC[C@H](NC(=O)OCc2ccccc2)C(=O)N[C@@H](CC(C)C)C(=O)O)ncnc1N1CCC(c2ccc3c(n2)NCCC3)CC1.CCc1c(NC[C@H](NC(=O)OCc2ccccc2)C(=O)N[C@@H](CC(C)C)C(=O)OC(C)(C)C)ncnc1N1CCC(c2ccc3c(n2)NCCC3)CC1.FC(F)F.O=C(O)C(F)(F)F.O=CO. The lowest BCUT2D eigenvalue weighted by Gasteiger charge is -2.34. The number of esters is 1. The summed E-state index contributed by atoms with van der Waals surface area (Å²) in [6.45, 7) is 20.1. The van der Waals surface area contributed by atoms with E-state index in [0.717, 1.165) is 148 Å². The van der Waals surface area contributed by atoms with E-state index in [4.69, 9.17) is 72.2 Å². The zero-order valence-electron chi connectivity index (χ0n) is 69.1. The van der Waals surface area contributed by atoms with Gasteiger partial charge in [-0.15, -0.1) is 23.2 Å². The Labute approximate surface area is 705 Å². The first-order valence-corrected chi connectivity index (χ1v) is 40.5. The van der Waals surface area contributed by atoms with E-state index in [2.05, 4.69) is 91.6 Å². The lowest BCUT2D eigenvalue weighted by Crippen LogP contribution is -2.55. The van der Waals surface area contributed by atoms with Crippen LogP contribution in [0.4, 0.5) is 70.8 Å². The molecule has 38 heteroatoms. The summed E-state index contributed by atoms with van der Waals surface area (Å²) in [5.41, 5.74) is 7.53. The molecule has 8 heterocycles. The second kappa shape index (κ2) is 51.0. The highest BCUT2D eigenvalue weighted by atomic mass is 35.5. The Kier molecular flexibility index (Phi) is 42.4. The number of aryl methyl sites for hydroxylation is 2. The number of hydrogen-bond donors (Lipinski definition) is 11. The maximum absolute atomic E-state index is 13.9. The molecule has 10 rings (SSSR count). The average molecular weight is 1730 g/mol. The zero-order valence-corrected chi connectivity index (χ0v) is 70.6. The molecule has 2 fully saturated rings. The predicted octanol–water partition coefficient (Wildman–Crippen LogP) is 13.6.